The van der Waals surface area contributed by atoms with Crippen molar-refractivity contribution in [2.45, 2.75) is 31.5 Å². The zero-order valence-corrected chi connectivity index (χ0v) is 10.8. The molecule has 1 saturated heterocycles. The van der Waals surface area contributed by atoms with E-state index in [9.17, 15) is 14.7 Å². The summed E-state index contributed by atoms with van der Waals surface area (Å²) in [6.45, 7) is 1.32. The number of allylic oxidation sites excluding steroid dienone is 1. The fourth-order valence-corrected chi connectivity index (χ4v) is 2.04. The molecule has 0 spiro atoms. The molecule has 2 heterocycles. The maximum absolute atomic E-state index is 11.8. The van der Waals surface area contributed by atoms with E-state index in [1.54, 1.807) is 13.0 Å². The average molecular weight is 284 g/mol. The van der Waals surface area contributed by atoms with Gasteiger partial charge in [0.2, 0.25) is 0 Å². The molecule has 4 atom stereocenters. The minimum Gasteiger partial charge on any atom is -0.491 e. The summed E-state index contributed by atoms with van der Waals surface area (Å²) < 4.78 is 11.9. The second-order valence-corrected chi connectivity index (χ2v) is 4.33. The first kappa shape index (κ1) is 14.5. The van der Waals surface area contributed by atoms with Gasteiger partial charge in [-0.3, -0.25) is 14.3 Å². The zero-order chi connectivity index (χ0) is 14.7. The third kappa shape index (κ3) is 2.67. The van der Waals surface area contributed by atoms with E-state index in [1.165, 1.54) is 12.5 Å². The van der Waals surface area contributed by atoms with Gasteiger partial charge in [0.05, 0.1) is 12.9 Å². The van der Waals surface area contributed by atoms with Crippen molar-refractivity contribution in [1.82, 2.24) is 9.55 Å². The number of aromatic nitrogens is 2. The Hall–Kier alpha value is -1.90. The van der Waals surface area contributed by atoms with Crippen LogP contribution in [0.25, 0.3) is 0 Å². The predicted octanol–water partition coefficient (Wildman–Crippen LogP) is -1.29. The van der Waals surface area contributed by atoms with Crippen LogP contribution in [0.3, 0.4) is 0 Å². The van der Waals surface area contributed by atoms with Crippen molar-refractivity contribution in [2.24, 2.45) is 0 Å². The van der Waals surface area contributed by atoms with E-state index in [-0.39, 0.29) is 0 Å². The van der Waals surface area contributed by atoms with Crippen LogP contribution >= 0.6 is 0 Å². The molecular weight excluding hydrogens is 268 g/mol. The van der Waals surface area contributed by atoms with E-state index in [2.05, 4.69) is 4.98 Å². The molecule has 20 heavy (non-hydrogen) atoms. The smallest absolute Gasteiger partial charge is 0.330 e. The van der Waals surface area contributed by atoms with E-state index < -0.39 is 42.4 Å². The molecule has 0 radical (unpaired) electrons. The third-order valence-electron chi connectivity index (χ3n) is 2.99. The lowest BCUT2D eigenvalue weighted by atomic mass is 10.1. The highest BCUT2D eigenvalue weighted by Crippen LogP contribution is 2.30. The van der Waals surface area contributed by atoms with Crippen LogP contribution < -0.4 is 11.2 Å². The summed E-state index contributed by atoms with van der Waals surface area (Å²) in [5.41, 5.74) is -1.21. The largest absolute Gasteiger partial charge is 0.491 e. The number of nitrogens with zero attached hydrogens (tertiary/aromatic N) is 1. The van der Waals surface area contributed by atoms with Crippen molar-refractivity contribution >= 4 is 0 Å². The minimum atomic E-state index is -1.10. The number of H-pyrrole nitrogens is 1. The monoisotopic (exact) mass is 284 g/mol. The normalized spacial score (nSPS) is 29.9. The van der Waals surface area contributed by atoms with Gasteiger partial charge in [-0.1, -0.05) is 6.08 Å². The number of nitrogens with one attached hydrogen (secondary N) is 1. The Morgan fingerprint density at radius 1 is 1.55 bits per heavy atom. The lowest BCUT2D eigenvalue weighted by molar-refractivity contribution is -0.0568. The van der Waals surface area contributed by atoms with Crippen LogP contribution in [0.5, 0.6) is 0 Å². The fraction of sp³-hybridized carbons (Fsp3) is 0.500. The van der Waals surface area contributed by atoms with Crippen LogP contribution in [0, 0.1) is 0 Å². The molecule has 1 aliphatic heterocycles. The van der Waals surface area contributed by atoms with Gasteiger partial charge in [0.1, 0.15) is 12.2 Å². The molecule has 2 unspecified atom stereocenters. The van der Waals surface area contributed by atoms with E-state index in [0.29, 0.717) is 0 Å². The first-order valence-corrected chi connectivity index (χ1v) is 6.11. The topological polar surface area (TPSA) is 114 Å². The summed E-state index contributed by atoms with van der Waals surface area (Å²) in [5.74, 6) is 0. The first-order valence-electron chi connectivity index (χ1n) is 6.11. The van der Waals surface area contributed by atoms with Crippen molar-refractivity contribution in [3.8, 4) is 0 Å². The number of hydrogen-bond acceptors (Lipinski definition) is 6. The number of aliphatic hydroxyl groups is 2. The number of aliphatic hydroxyl groups excluding tert-OH is 2. The van der Waals surface area contributed by atoms with Gasteiger partial charge < -0.3 is 19.7 Å². The Labute approximate surface area is 113 Å². The molecule has 8 nitrogen and oxygen atoms in total. The van der Waals surface area contributed by atoms with Crippen LogP contribution in [0.2, 0.25) is 0 Å². The van der Waals surface area contributed by atoms with Gasteiger partial charge in [-0.2, -0.15) is 0 Å². The molecule has 2 rings (SSSR count). The molecule has 0 bridgehead atoms. The number of rotatable bonds is 4. The SMILES string of the molecule is CC=COC1C(O)[C@H](CO)O[C@@H]1n1ccc(=O)[nH]c1=O. The third-order valence-corrected chi connectivity index (χ3v) is 2.99. The Morgan fingerprint density at radius 3 is 2.90 bits per heavy atom. The molecule has 0 aliphatic carbocycles. The summed E-state index contributed by atoms with van der Waals surface area (Å²) in [7, 11) is 0. The summed E-state index contributed by atoms with van der Waals surface area (Å²) in [4.78, 5) is 24.9. The quantitative estimate of drug-likeness (QED) is 0.593. The Balaban J connectivity index is 2.36. The van der Waals surface area contributed by atoms with Crippen molar-refractivity contribution in [3.63, 3.8) is 0 Å². The maximum atomic E-state index is 11.8. The maximum Gasteiger partial charge on any atom is 0.330 e. The first-order chi connectivity index (χ1) is 9.58. The second-order valence-electron chi connectivity index (χ2n) is 4.33. The van der Waals surface area contributed by atoms with Crippen molar-refractivity contribution in [1.29, 1.82) is 0 Å². The van der Waals surface area contributed by atoms with Gasteiger partial charge in [0.15, 0.2) is 12.3 Å². The second kappa shape index (κ2) is 6.04. The van der Waals surface area contributed by atoms with Crippen molar-refractivity contribution in [3.05, 3.63) is 45.4 Å². The van der Waals surface area contributed by atoms with E-state index in [0.717, 1.165) is 10.6 Å². The summed E-state index contributed by atoms with van der Waals surface area (Å²) in [5, 5.41) is 19.2. The lowest BCUT2D eigenvalue weighted by Crippen LogP contribution is -2.38. The summed E-state index contributed by atoms with van der Waals surface area (Å²) in [6.07, 6.45) is 0.459. The fourth-order valence-electron chi connectivity index (χ4n) is 2.04. The average Bonchev–Trinajstić information content (AvgIpc) is 2.73. The molecule has 1 fully saturated rings. The van der Waals surface area contributed by atoms with E-state index in [1.807, 2.05) is 0 Å². The lowest BCUT2D eigenvalue weighted by Gasteiger charge is -2.21. The minimum absolute atomic E-state index is 0.411. The Morgan fingerprint density at radius 2 is 2.30 bits per heavy atom. The van der Waals surface area contributed by atoms with Gasteiger partial charge >= 0.3 is 5.69 Å². The van der Waals surface area contributed by atoms with Crippen LogP contribution in [-0.4, -0.2) is 44.7 Å². The van der Waals surface area contributed by atoms with E-state index in [4.69, 9.17) is 14.6 Å². The predicted molar refractivity (Wildman–Crippen MR) is 68.0 cm³/mol. The summed E-state index contributed by atoms with van der Waals surface area (Å²) >= 11 is 0. The highest BCUT2D eigenvalue weighted by atomic mass is 16.6. The molecule has 0 aromatic carbocycles. The molecule has 8 heteroatoms. The molecule has 1 aromatic rings. The molecular formula is C12H16N2O6. The number of hydrogen-bond donors (Lipinski definition) is 3. The number of aromatic amines is 1. The van der Waals surface area contributed by atoms with Crippen molar-refractivity contribution in [2.75, 3.05) is 6.61 Å². The van der Waals surface area contributed by atoms with Gasteiger partial charge in [-0.05, 0) is 6.92 Å². The highest BCUT2D eigenvalue weighted by molar-refractivity contribution is 4.94. The standard InChI is InChI=1S/C12H16N2O6/c1-2-5-19-10-9(17)7(6-15)20-11(10)14-4-3-8(16)13-12(14)18/h2-5,7,9-11,15,17H,6H2,1H3,(H,13,16,18)/t7-,9?,10?,11-/m0/s1. The van der Waals surface area contributed by atoms with E-state index >= 15 is 0 Å². The van der Waals surface area contributed by atoms with Gasteiger partial charge in [0.25, 0.3) is 5.56 Å². The molecule has 0 amide bonds. The van der Waals surface area contributed by atoms with Gasteiger partial charge in [-0.15, -0.1) is 0 Å². The van der Waals surface area contributed by atoms with Gasteiger partial charge in [-0.25, -0.2) is 4.79 Å². The number of ether oxygens (including phenoxy) is 2. The molecule has 1 aromatic heterocycles. The van der Waals surface area contributed by atoms with Gasteiger partial charge in [0, 0.05) is 12.3 Å². The van der Waals surface area contributed by atoms with Crippen molar-refractivity contribution < 1.29 is 19.7 Å². The summed E-state index contributed by atoms with van der Waals surface area (Å²) in [6, 6.07) is 1.16. The highest BCUT2D eigenvalue weighted by Gasteiger charge is 2.46. The van der Waals surface area contributed by atoms with Crippen LogP contribution in [0.4, 0.5) is 0 Å². The Bertz CT molecular complexity index is 592. The van der Waals surface area contributed by atoms with Crippen LogP contribution in [0.1, 0.15) is 13.2 Å². The Kier molecular flexibility index (Phi) is 4.38. The van der Waals surface area contributed by atoms with Crippen LogP contribution in [-0.2, 0) is 9.47 Å². The molecule has 3 N–H and O–H groups in total. The molecule has 0 saturated carbocycles. The molecule has 1 aliphatic rings. The zero-order valence-electron chi connectivity index (χ0n) is 10.8. The molecule has 110 valence electrons. The van der Waals surface area contributed by atoms with Crippen LogP contribution in [0.15, 0.2) is 34.2 Å².